The molecule has 2 aliphatic rings. The van der Waals surface area contributed by atoms with Crippen LogP contribution in [0.3, 0.4) is 0 Å². The van der Waals surface area contributed by atoms with Crippen molar-refractivity contribution in [1.29, 1.82) is 5.26 Å². The van der Waals surface area contributed by atoms with Crippen LogP contribution in [0.15, 0.2) is 36.5 Å². The third-order valence-electron chi connectivity index (χ3n) is 7.19. The number of nitrogens with one attached hydrogen (secondary N) is 2. The Bertz CT molecular complexity index is 1430. The summed E-state index contributed by atoms with van der Waals surface area (Å²) in [6.45, 7) is 7.56. The quantitative estimate of drug-likeness (QED) is 0.413. The Morgan fingerprint density at radius 1 is 1.18 bits per heavy atom. The Hall–Kier alpha value is -3.31. The van der Waals surface area contributed by atoms with Crippen LogP contribution in [0.1, 0.15) is 41.0 Å². The second-order valence-corrected chi connectivity index (χ2v) is 14.0. The van der Waals surface area contributed by atoms with Gasteiger partial charge in [-0.3, -0.25) is 4.90 Å². The summed E-state index contributed by atoms with van der Waals surface area (Å²) < 4.78 is 12.5. The number of hydrogen-bond acceptors (Lipinski definition) is 9. The van der Waals surface area contributed by atoms with Crippen LogP contribution in [-0.4, -0.2) is 71.8 Å². The fourth-order valence-corrected chi connectivity index (χ4v) is 6.16. The monoisotopic (exact) mass is 530 g/mol. The topological polar surface area (TPSA) is 110 Å². The molecule has 2 aromatic heterocycles. The largest absolute Gasteiger partial charge is 0.324 e. The molecule has 0 radical (unpaired) electrons. The van der Waals surface area contributed by atoms with Gasteiger partial charge in [0.25, 0.3) is 0 Å². The van der Waals surface area contributed by atoms with Gasteiger partial charge in [-0.05, 0) is 93.6 Å². The van der Waals surface area contributed by atoms with E-state index in [-0.39, 0.29) is 0 Å². The van der Waals surface area contributed by atoms with Crippen LogP contribution in [0, 0.1) is 11.3 Å². The molecule has 5 rings (SSSR count). The van der Waals surface area contributed by atoms with Gasteiger partial charge in [-0.2, -0.15) is 10.2 Å². The lowest BCUT2D eigenvalue weighted by Crippen LogP contribution is -2.39. The number of anilines is 4. The lowest BCUT2D eigenvalue weighted by atomic mass is 9.77. The maximum Gasteiger partial charge on any atom is 0.229 e. The first-order chi connectivity index (χ1) is 18.2. The number of pyridine rings is 1. The Kier molecular flexibility index (Phi) is 7.49. The fourth-order valence-electron chi connectivity index (χ4n) is 5.37. The third-order valence-corrected chi connectivity index (χ3v) is 8.54. The van der Waals surface area contributed by atoms with Gasteiger partial charge in [0.15, 0.2) is 5.82 Å². The minimum atomic E-state index is -2.52. The minimum absolute atomic E-state index is 0.304. The first-order valence-electron chi connectivity index (χ1n) is 13.1. The molecule has 1 atom stereocenters. The van der Waals surface area contributed by atoms with Gasteiger partial charge >= 0.3 is 0 Å². The summed E-state index contributed by atoms with van der Waals surface area (Å²) in [5.41, 5.74) is 6.14. The van der Waals surface area contributed by atoms with Crippen molar-refractivity contribution in [2.24, 2.45) is 0 Å². The molecule has 38 heavy (non-hydrogen) atoms. The van der Waals surface area contributed by atoms with Gasteiger partial charge in [0.2, 0.25) is 5.95 Å². The number of benzene rings is 1. The van der Waals surface area contributed by atoms with E-state index in [1.54, 1.807) is 37.1 Å². The molecule has 1 aliphatic carbocycles. The highest BCUT2D eigenvalue weighted by atomic mass is 31.2. The van der Waals surface area contributed by atoms with Crippen molar-refractivity contribution >= 4 is 35.8 Å². The lowest BCUT2D eigenvalue weighted by molar-refractivity contribution is 0.199. The zero-order chi connectivity index (χ0) is 26.9. The standard InChI is InChI=1S/C28H35N8OP/c1-35(2)11-12-36-17-20-8-5-7-19-13-23(14-21(18-36)26(19)20)31-28-30-16-22(15-29)27(34-28)33-24-9-6-10-25(32-24)38(3,4)37/h6,9-10,13-14,16,20H,5,7-8,11-12,17-18H2,1-4H3,(H2,30,31,32,33,34). The average molecular weight is 531 g/mol. The zero-order valence-corrected chi connectivity index (χ0v) is 23.4. The van der Waals surface area contributed by atoms with Crippen LogP contribution in [-0.2, 0) is 17.5 Å². The number of rotatable bonds is 8. The van der Waals surface area contributed by atoms with Gasteiger partial charge in [-0.1, -0.05) is 6.07 Å². The van der Waals surface area contributed by atoms with E-state index < -0.39 is 7.14 Å². The molecule has 10 heteroatoms. The summed E-state index contributed by atoms with van der Waals surface area (Å²) in [6.07, 6.45) is 5.05. The smallest absolute Gasteiger partial charge is 0.229 e. The Labute approximate surface area is 224 Å². The van der Waals surface area contributed by atoms with Crippen LogP contribution in [0.4, 0.5) is 23.3 Å². The Morgan fingerprint density at radius 2 is 2.00 bits per heavy atom. The number of likely N-dealkylation sites (N-methyl/N-ethyl adjacent to an activating group) is 1. The highest BCUT2D eigenvalue weighted by molar-refractivity contribution is 7.69. The number of hydrogen-bond donors (Lipinski definition) is 2. The van der Waals surface area contributed by atoms with Crippen LogP contribution < -0.4 is 16.1 Å². The number of aryl methyl sites for hydroxylation is 1. The van der Waals surface area contributed by atoms with Crippen molar-refractivity contribution in [1.82, 2.24) is 24.8 Å². The molecule has 0 fully saturated rings. The van der Waals surface area contributed by atoms with Crippen molar-refractivity contribution < 1.29 is 4.57 Å². The highest BCUT2D eigenvalue weighted by Crippen LogP contribution is 2.40. The molecular weight excluding hydrogens is 495 g/mol. The molecule has 0 saturated carbocycles. The summed E-state index contributed by atoms with van der Waals surface area (Å²) in [7, 11) is 1.72. The van der Waals surface area contributed by atoms with Gasteiger partial charge in [-0.15, -0.1) is 0 Å². The molecular formula is C28H35N8OP. The number of aromatic nitrogens is 3. The van der Waals surface area contributed by atoms with Crippen molar-refractivity contribution in [2.45, 2.75) is 31.7 Å². The van der Waals surface area contributed by atoms with Crippen LogP contribution in [0.2, 0.25) is 0 Å². The molecule has 1 unspecified atom stereocenters. The van der Waals surface area contributed by atoms with Crippen LogP contribution in [0.25, 0.3) is 0 Å². The normalized spacial score (nSPS) is 17.1. The first kappa shape index (κ1) is 26.3. The van der Waals surface area contributed by atoms with E-state index in [1.165, 1.54) is 30.2 Å². The van der Waals surface area contributed by atoms with Gasteiger partial charge in [0.05, 0.1) is 6.20 Å². The Morgan fingerprint density at radius 3 is 2.76 bits per heavy atom. The predicted molar refractivity (Wildman–Crippen MR) is 153 cm³/mol. The van der Waals surface area contributed by atoms with E-state index in [9.17, 15) is 9.83 Å². The molecule has 0 saturated heterocycles. The van der Waals surface area contributed by atoms with Gasteiger partial charge in [0.1, 0.15) is 30.0 Å². The van der Waals surface area contributed by atoms with E-state index in [0.717, 1.165) is 38.3 Å². The maximum atomic E-state index is 12.5. The van der Waals surface area contributed by atoms with Crippen molar-refractivity contribution in [2.75, 3.05) is 57.7 Å². The summed E-state index contributed by atoms with van der Waals surface area (Å²) in [4.78, 5) is 18.3. The molecule has 3 heterocycles. The summed E-state index contributed by atoms with van der Waals surface area (Å²) in [5, 5.41) is 16.1. The second-order valence-electron chi connectivity index (χ2n) is 10.9. The molecule has 198 valence electrons. The average Bonchev–Trinajstić information content (AvgIpc) is 2.87. The van der Waals surface area contributed by atoms with Crippen LogP contribution in [0.5, 0.6) is 0 Å². The van der Waals surface area contributed by atoms with Crippen LogP contribution >= 0.6 is 7.14 Å². The SMILES string of the molecule is CN(C)CCN1Cc2cc(Nc3ncc(C#N)c(Nc4cccc(P(C)(C)=O)n4)n3)cc3c2C(CCC3)C1. The van der Waals surface area contributed by atoms with Crippen molar-refractivity contribution in [3.05, 3.63) is 58.8 Å². The summed E-state index contributed by atoms with van der Waals surface area (Å²) >= 11 is 0. The molecule has 1 aromatic carbocycles. The van der Waals surface area contributed by atoms with E-state index >= 15 is 0 Å². The number of nitriles is 1. The molecule has 3 aromatic rings. The summed E-state index contributed by atoms with van der Waals surface area (Å²) in [5.74, 6) is 1.84. The zero-order valence-electron chi connectivity index (χ0n) is 22.5. The van der Waals surface area contributed by atoms with Crippen molar-refractivity contribution in [3.8, 4) is 6.07 Å². The molecule has 1 aliphatic heterocycles. The summed E-state index contributed by atoms with van der Waals surface area (Å²) in [6, 6.07) is 11.9. The van der Waals surface area contributed by atoms with Gasteiger partial charge in [-0.25, -0.2) is 9.97 Å². The molecule has 2 N–H and O–H groups in total. The lowest BCUT2D eigenvalue weighted by Gasteiger charge is -2.39. The van der Waals surface area contributed by atoms with E-state index in [4.69, 9.17) is 0 Å². The highest BCUT2D eigenvalue weighted by Gasteiger charge is 2.30. The predicted octanol–water partition coefficient (Wildman–Crippen LogP) is 4.28. The second kappa shape index (κ2) is 10.8. The molecule has 0 spiro atoms. The molecule has 0 bridgehead atoms. The van der Waals surface area contributed by atoms with E-state index in [2.05, 4.69) is 67.7 Å². The Balaban J connectivity index is 1.41. The van der Waals surface area contributed by atoms with E-state index in [1.807, 2.05) is 0 Å². The molecule has 0 amide bonds. The fraction of sp³-hybridized carbons (Fsp3) is 0.429. The first-order valence-corrected chi connectivity index (χ1v) is 15.7. The van der Waals surface area contributed by atoms with E-state index in [0.29, 0.717) is 34.5 Å². The number of nitrogens with zero attached hydrogens (tertiary/aromatic N) is 6. The van der Waals surface area contributed by atoms with Crippen molar-refractivity contribution in [3.63, 3.8) is 0 Å². The molecule has 9 nitrogen and oxygen atoms in total. The minimum Gasteiger partial charge on any atom is -0.324 e. The van der Waals surface area contributed by atoms with Gasteiger partial charge < -0.3 is 20.1 Å². The maximum absolute atomic E-state index is 12.5. The van der Waals surface area contributed by atoms with Gasteiger partial charge in [0, 0.05) is 31.9 Å². The third kappa shape index (κ3) is 5.88.